The second-order valence-corrected chi connectivity index (χ2v) is 8.22. The monoisotopic (exact) mass is 438 g/mol. The number of hydrogen-bond acceptors (Lipinski definition) is 6. The summed E-state index contributed by atoms with van der Waals surface area (Å²) in [5.41, 5.74) is 1.79. The van der Waals surface area contributed by atoms with E-state index in [4.69, 9.17) is 9.47 Å². The van der Waals surface area contributed by atoms with Crippen molar-refractivity contribution in [2.24, 2.45) is 0 Å². The Bertz CT molecular complexity index is 1030. The topological polar surface area (TPSA) is 69.5 Å². The van der Waals surface area contributed by atoms with Crippen LogP contribution in [0.25, 0.3) is 17.1 Å². The molecule has 162 valence electrons. The van der Waals surface area contributed by atoms with Gasteiger partial charge >= 0.3 is 0 Å². The van der Waals surface area contributed by atoms with E-state index in [-0.39, 0.29) is 5.91 Å². The summed E-state index contributed by atoms with van der Waals surface area (Å²) in [7, 11) is 3.22. The summed E-state index contributed by atoms with van der Waals surface area (Å²) in [6.45, 7) is 1.70. The highest BCUT2D eigenvalue weighted by Gasteiger charge is 2.21. The van der Waals surface area contributed by atoms with E-state index < -0.39 is 0 Å². The molecule has 0 bridgehead atoms. The molecule has 4 rings (SSSR count). The molecule has 31 heavy (non-hydrogen) atoms. The number of para-hydroxylation sites is 1. The van der Waals surface area contributed by atoms with E-state index in [9.17, 15) is 4.79 Å². The quantitative estimate of drug-likeness (QED) is 0.518. The van der Waals surface area contributed by atoms with Crippen LogP contribution in [0.2, 0.25) is 0 Å². The minimum Gasteiger partial charge on any atom is -0.493 e. The van der Waals surface area contributed by atoms with Crippen LogP contribution in [-0.4, -0.2) is 58.6 Å². The lowest BCUT2D eigenvalue weighted by Gasteiger charge is -2.26. The van der Waals surface area contributed by atoms with Crippen LogP contribution < -0.4 is 9.47 Å². The van der Waals surface area contributed by atoms with E-state index in [0.717, 1.165) is 37.2 Å². The average Bonchev–Trinajstić information content (AvgIpc) is 3.27. The highest BCUT2D eigenvalue weighted by molar-refractivity contribution is 7.99. The summed E-state index contributed by atoms with van der Waals surface area (Å²) in [6.07, 6.45) is 3.37. The number of carbonyl (C=O) groups excluding carboxylic acids is 1. The van der Waals surface area contributed by atoms with Crippen molar-refractivity contribution in [1.82, 2.24) is 19.7 Å². The standard InChI is InChI=1S/C23H26N4O3S/c1-29-19-12-11-17(15-20(19)30-2)22-24-25-23(27(22)18-9-5-3-6-10-18)31-16-21(28)26-13-7-4-8-14-26/h3,5-6,9-12,15H,4,7-8,13-14,16H2,1-2H3. The number of carbonyl (C=O) groups is 1. The summed E-state index contributed by atoms with van der Waals surface area (Å²) in [4.78, 5) is 14.6. The summed E-state index contributed by atoms with van der Waals surface area (Å²) < 4.78 is 12.8. The molecule has 1 fully saturated rings. The number of amides is 1. The molecule has 0 N–H and O–H groups in total. The van der Waals surface area contributed by atoms with Crippen LogP contribution in [0.15, 0.2) is 53.7 Å². The van der Waals surface area contributed by atoms with E-state index in [1.165, 1.54) is 18.2 Å². The lowest BCUT2D eigenvalue weighted by molar-refractivity contribution is -0.129. The molecule has 1 aliphatic rings. The minimum atomic E-state index is 0.153. The van der Waals surface area contributed by atoms with Crippen molar-refractivity contribution in [2.75, 3.05) is 33.1 Å². The molecule has 1 amide bonds. The number of nitrogens with zero attached hydrogens (tertiary/aromatic N) is 4. The van der Waals surface area contributed by atoms with Crippen molar-refractivity contribution in [1.29, 1.82) is 0 Å². The fourth-order valence-corrected chi connectivity index (χ4v) is 4.55. The highest BCUT2D eigenvalue weighted by atomic mass is 32.2. The molecule has 7 nitrogen and oxygen atoms in total. The zero-order chi connectivity index (χ0) is 21.6. The van der Waals surface area contributed by atoms with Gasteiger partial charge in [0, 0.05) is 24.3 Å². The largest absolute Gasteiger partial charge is 0.493 e. The Hall–Kier alpha value is -3.00. The third-order valence-corrected chi connectivity index (χ3v) is 6.24. The number of rotatable bonds is 7. The van der Waals surface area contributed by atoms with Gasteiger partial charge in [0.15, 0.2) is 22.5 Å². The number of piperidine rings is 1. The number of benzene rings is 2. The summed E-state index contributed by atoms with van der Waals surface area (Å²) in [6, 6.07) is 15.6. The van der Waals surface area contributed by atoms with Crippen LogP contribution in [0.3, 0.4) is 0 Å². The molecule has 1 aromatic heterocycles. The van der Waals surface area contributed by atoms with Crippen molar-refractivity contribution >= 4 is 17.7 Å². The molecule has 1 saturated heterocycles. The molecule has 0 spiro atoms. The van der Waals surface area contributed by atoms with Crippen molar-refractivity contribution < 1.29 is 14.3 Å². The first-order chi connectivity index (χ1) is 15.2. The van der Waals surface area contributed by atoms with E-state index >= 15 is 0 Å². The first-order valence-electron chi connectivity index (χ1n) is 10.3. The number of ether oxygens (including phenoxy) is 2. The van der Waals surface area contributed by atoms with Crippen LogP contribution in [-0.2, 0) is 4.79 Å². The van der Waals surface area contributed by atoms with Crippen LogP contribution in [0, 0.1) is 0 Å². The van der Waals surface area contributed by atoms with Crippen LogP contribution in [0.4, 0.5) is 0 Å². The maximum absolute atomic E-state index is 12.7. The molecular formula is C23H26N4O3S. The molecule has 0 unspecified atom stereocenters. The second kappa shape index (κ2) is 9.87. The molecule has 2 heterocycles. The predicted molar refractivity (Wildman–Crippen MR) is 121 cm³/mol. The Balaban J connectivity index is 1.66. The molecule has 2 aromatic carbocycles. The average molecular weight is 439 g/mol. The molecule has 0 saturated carbocycles. The van der Waals surface area contributed by atoms with Gasteiger partial charge in [0.1, 0.15) is 0 Å². The third kappa shape index (κ3) is 4.69. The fraction of sp³-hybridized carbons (Fsp3) is 0.348. The molecular weight excluding hydrogens is 412 g/mol. The predicted octanol–water partition coefficient (Wildman–Crippen LogP) is 4.06. The zero-order valence-electron chi connectivity index (χ0n) is 17.8. The molecule has 0 atom stereocenters. The second-order valence-electron chi connectivity index (χ2n) is 7.28. The van der Waals surface area contributed by atoms with Gasteiger partial charge in [-0.15, -0.1) is 10.2 Å². The lowest BCUT2D eigenvalue weighted by atomic mass is 10.1. The SMILES string of the molecule is COc1ccc(-c2nnc(SCC(=O)N3CCCCC3)n2-c2ccccc2)cc1OC. The van der Waals surface area contributed by atoms with Crippen LogP contribution in [0.5, 0.6) is 11.5 Å². The number of methoxy groups -OCH3 is 2. The lowest BCUT2D eigenvalue weighted by Crippen LogP contribution is -2.36. The summed E-state index contributed by atoms with van der Waals surface area (Å²) in [5, 5.41) is 9.55. The maximum atomic E-state index is 12.7. The summed E-state index contributed by atoms with van der Waals surface area (Å²) in [5.74, 6) is 2.45. The Labute approximate surface area is 186 Å². The number of likely N-dealkylation sites (tertiary alicyclic amines) is 1. The smallest absolute Gasteiger partial charge is 0.233 e. The Morgan fingerprint density at radius 2 is 1.71 bits per heavy atom. The van der Waals surface area contributed by atoms with Gasteiger partial charge in [-0.3, -0.25) is 9.36 Å². The van der Waals surface area contributed by atoms with Gasteiger partial charge < -0.3 is 14.4 Å². The van der Waals surface area contributed by atoms with Gasteiger partial charge in [0.2, 0.25) is 5.91 Å². The van der Waals surface area contributed by atoms with E-state index in [1.807, 2.05) is 58.0 Å². The molecule has 0 radical (unpaired) electrons. The van der Waals surface area contributed by atoms with Crippen molar-refractivity contribution in [2.45, 2.75) is 24.4 Å². The number of aromatic nitrogens is 3. The van der Waals surface area contributed by atoms with Gasteiger partial charge in [-0.2, -0.15) is 0 Å². The normalized spacial score (nSPS) is 13.8. The molecule has 8 heteroatoms. The van der Waals surface area contributed by atoms with Crippen LogP contribution in [0.1, 0.15) is 19.3 Å². The first kappa shape index (κ1) is 21.2. The number of thioether (sulfide) groups is 1. The third-order valence-electron chi connectivity index (χ3n) is 5.32. The Morgan fingerprint density at radius 3 is 2.42 bits per heavy atom. The first-order valence-corrected chi connectivity index (χ1v) is 11.3. The van der Waals surface area contributed by atoms with E-state index in [2.05, 4.69) is 10.2 Å². The van der Waals surface area contributed by atoms with E-state index in [1.54, 1.807) is 14.2 Å². The molecule has 3 aromatic rings. The van der Waals surface area contributed by atoms with Gasteiger partial charge in [0.05, 0.1) is 20.0 Å². The van der Waals surface area contributed by atoms with Crippen molar-refractivity contribution in [3.8, 4) is 28.6 Å². The van der Waals surface area contributed by atoms with Gasteiger partial charge in [0.25, 0.3) is 0 Å². The molecule has 0 aliphatic carbocycles. The zero-order valence-corrected chi connectivity index (χ0v) is 18.6. The van der Waals surface area contributed by atoms with Crippen LogP contribution >= 0.6 is 11.8 Å². The van der Waals surface area contributed by atoms with Crippen molar-refractivity contribution in [3.05, 3.63) is 48.5 Å². The van der Waals surface area contributed by atoms with E-state index in [0.29, 0.717) is 28.2 Å². The minimum absolute atomic E-state index is 0.153. The van der Waals surface area contributed by atoms with Crippen molar-refractivity contribution in [3.63, 3.8) is 0 Å². The highest BCUT2D eigenvalue weighted by Crippen LogP contribution is 2.34. The van der Waals surface area contributed by atoms with Gasteiger partial charge in [-0.1, -0.05) is 30.0 Å². The maximum Gasteiger partial charge on any atom is 0.233 e. The fourth-order valence-electron chi connectivity index (χ4n) is 3.70. The summed E-state index contributed by atoms with van der Waals surface area (Å²) >= 11 is 1.42. The Morgan fingerprint density at radius 1 is 0.968 bits per heavy atom. The van der Waals surface area contributed by atoms with Gasteiger partial charge in [-0.05, 0) is 49.6 Å². The Kier molecular flexibility index (Phi) is 6.76. The number of hydrogen-bond donors (Lipinski definition) is 0. The van der Waals surface area contributed by atoms with Gasteiger partial charge in [-0.25, -0.2) is 0 Å². The molecule has 1 aliphatic heterocycles.